The Morgan fingerprint density at radius 3 is 2.58 bits per heavy atom. The van der Waals surface area contributed by atoms with Crippen LogP contribution in [0.4, 0.5) is 4.79 Å². The van der Waals surface area contributed by atoms with Crippen LogP contribution in [0, 0.1) is 11.8 Å². The number of rotatable bonds is 4. The fourth-order valence-electron chi connectivity index (χ4n) is 3.23. The normalized spacial score (nSPS) is 24.4. The molecule has 0 bridgehead atoms. The van der Waals surface area contributed by atoms with E-state index in [1.807, 2.05) is 0 Å². The van der Waals surface area contributed by atoms with E-state index >= 15 is 0 Å². The molecule has 0 aromatic rings. The molecule has 5 heteroatoms. The summed E-state index contributed by atoms with van der Waals surface area (Å²) in [6.07, 6.45) is 8.13. The predicted octanol–water partition coefficient (Wildman–Crippen LogP) is 1.47. The Hall–Kier alpha value is -1.26. The summed E-state index contributed by atoms with van der Waals surface area (Å²) in [5.74, 6) is 0.808. The van der Waals surface area contributed by atoms with Crippen molar-refractivity contribution in [3.05, 3.63) is 0 Å². The number of urea groups is 1. The van der Waals surface area contributed by atoms with Gasteiger partial charge in [-0.3, -0.25) is 4.79 Å². The third kappa shape index (κ3) is 4.11. The molecule has 0 radical (unpaired) electrons. The maximum atomic E-state index is 12.1. The largest absolute Gasteiger partial charge is 0.356 e. The molecule has 1 saturated carbocycles. The van der Waals surface area contributed by atoms with Gasteiger partial charge in [-0.25, -0.2) is 4.79 Å². The molecule has 1 saturated heterocycles. The fourth-order valence-corrected chi connectivity index (χ4v) is 3.23. The first-order valence-corrected chi connectivity index (χ1v) is 7.49. The minimum Gasteiger partial charge on any atom is -0.356 e. The van der Waals surface area contributed by atoms with E-state index < -0.39 is 6.03 Å². The van der Waals surface area contributed by atoms with Gasteiger partial charge < -0.3 is 16.0 Å². The number of piperidine rings is 1. The number of amides is 3. The number of hydrogen-bond donors (Lipinski definition) is 2. The van der Waals surface area contributed by atoms with Gasteiger partial charge in [0.2, 0.25) is 5.91 Å². The van der Waals surface area contributed by atoms with E-state index in [2.05, 4.69) is 5.32 Å². The smallest absolute Gasteiger partial charge is 0.314 e. The molecule has 19 heavy (non-hydrogen) atoms. The topological polar surface area (TPSA) is 75.4 Å². The lowest BCUT2D eigenvalue weighted by atomic mass is 9.97. The van der Waals surface area contributed by atoms with Gasteiger partial charge in [-0.05, 0) is 25.2 Å². The maximum absolute atomic E-state index is 12.1. The molecule has 2 fully saturated rings. The second kappa shape index (κ2) is 6.78. The molecule has 1 heterocycles. The summed E-state index contributed by atoms with van der Waals surface area (Å²) in [6, 6.07) is -0.413. The number of likely N-dealkylation sites (tertiary alicyclic amines) is 1. The fraction of sp³-hybridized carbons (Fsp3) is 0.857. The lowest BCUT2D eigenvalue weighted by molar-refractivity contribution is -0.126. The number of hydrogen-bond acceptors (Lipinski definition) is 2. The number of nitrogens with zero attached hydrogens (tertiary/aromatic N) is 1. The van der Waals surface area contributed by atoms with Crippen LogP contribution in [-0.2, 0) is 4.79 Å². The second-order valence-corrected chi connectivity index (χ2v) is 5.85. The molecule has 0 spiro atoms. The molecule has 1 aliphatic heterocycles. The zero-order valence-corrected chi connectivity index (χ0v) is 11.6. The molecule has 0 aromatic carbocycles. The zero-order valence-electron chi connectivity index (χ0n) is 11.6. The molecule has 2 rings (SSSR count). The van der Waals surface area contributed by atoms with Crippen LogP contribution < -0.4 is 11.1 Å². The summed E-state index contributed by atoms with van der Waals surface area (Å²) < 4.78 is 0. The number of primary amides is 1. The highest BCUT2D eigenvalue weighted by Gasteiger charge is 2.27. The van der Waals surface area contributed by atoms with E-state index in [-0.39, 0.29) is 11.8 Å². The number of carbonyl (C=O) groups is 2. The van der Waals surface area contributed by atoms with Crippen LogP contribution in [0.1, 0.15) is 44.9 Å². The highest BCUT2D eigenvalue weighted by Crippen LogP contribution is 2.27. The van der Waals surface area contributed by atoms with Crippen LogP contribution in [0.3, 0.4) is 0 Å². The van der Waals surface area contributed by atoms with E-state index in [0.717, 1.165) is 31.7 Å². The molecule has 5 nitrogen and oxygen atoms in total. The first-order valence-electron chi connectivity index (χ1n) is 7.49. The van der Waals surface area contributed by atoms with Crippen molar-refractivity contribution in [3.63, 3.8) is 0 Å². The van der Waals surface area contributed by atoms with Gasteiger partial charge in [0, 0.05) is 19.6 Å². The Labute approximate surface area is 114 Å². The van der Waals surface area contributed by atoms with Gasteiger partial charge in [0.25, 0.3) is 0 Å². The van der Waals surface area contributed by atoms with Crippen molar-refractivity contribution in [2.75, 3.05) is 19.6 Å². The summed E-state index contributed by atoms with van der Waals surface area (Å²) in [5, 5.41) is 3.02. The van der Waals surface area contributed by atoms with E-state index in [1.54, 1.807) is 4.90 Å². The molecule has 1 aliphatic carbocycles. The number of carbonyl (C=O) groups excluding carboxylic acids is 2. The predicted molar refractivity (Wildman–Crippen MR) is 73.5 cm³/mol. The summed E-state index contributed by atoms with van der Waals surface area (Å²) in [6.45, 7) is 1.93. The lowest BCUT2D eigenvalue weighted by Crippen LogP contribution is -2.47. The monoisotopic (exact) mass is 267 g/mol. The Kier molecular flexibility index (Phi) is 5.05. The Morgan fingerprint density at radius 2 is 1.89 bits per heavy atom. The summed E-state index contributed by atoms with van der Waals surface area (Å²) in [5.41, 5.74) is 5.27. The van der Waals surface area contributed by atoms with E-state index in [4.69, 9.17) is 5.73 Å². The van der Waals surface area contributed by atoms with Crippen molar-refractivity contribution >= 4 is 11.9 Å². The summed E-state index contributed by atoms with van der Waals surface area (Å²) in [4.78, 5) is 24.8. The Bertz CT molecular complexity index is 327. The molecular weight excluding hydrogens is 242 g/mol. The van der Waals surface area contributed by atoms with Gasteiger partial charge in [-0.15, -0.1) is 0 Å². The van der Waals surface area contributed by atoms with Gasteiger partial charge in [-0.1, -0.05) is 25.7 Å². The molecule has 0 aromatic heterocycles. The van der Waals surface area contributed by atoms with Gasteiger partial charge in [0.05, 0.1) is 5.92 Å². The summed E-state index contributed by atoms with van der Waals surface area (Å²) >= 11 is 0. The Balaban J connectivity index is 1.68. The van der Waals surface area contributed by atoms with Crippen molar-refractivity contribution in [2.24, 2.45) is 17.6 Å². The maximum Gasteiger partial charge on any atom is 0.314 e. The van der Waals surface area contributed by atoms with Crippen molar-refractivity contribution in [1.29, 1.82) is 0 Å². The molecule has 2 aliphatic rings. The average Bonchev–Trinajstić information content (AvgIpc) is 2.92. The standard InChI is InChI=1S/C14H25N3O2/c15-14(19)17-9-3-6-12(10-17)13(18)16-8-7-11-4-1-2-5-11/h11-12H,1-10H2,(H2,15,19)(H,16,18)/t12-/m0/s1. The van der Waals surface area contributed by atoms with E-state index in [9.17, 15) is 9.59 Å². The third-order valence-electron chi connectivity index (χ3n) is 4.43. The number of nitrogens with two attached hydrogens (primary N) is 1. The van der Waals surface area contributed by atoms with Crippen molar-refractivity contribution in [3.8, 4) is 0 Å². The number of nitrogens with one attached hydrogen (secondary N) is 1. The minimum absolute atomic E-state index is 0.0789. The first-order chi connectivity index (χ1) is 9.16. The highest BCUT2D eigenvalue weighted by molar-refractivity contribution is 5.80. The minimum atomic E-state index is -0.413. The second-order valence-electron chi connectivity index (χ2n) is 5.85. The van der Waals surface area contributed by atoms with Crippen LogP contribution in [0.25, 0.3) is 0 Å². The SMILES string of the molecule is NC(=O)N1CCC[C@H](C(=O)NCCC2CCCC2)C1. The molecule has 3 N–H and O–H groups in total. The van der Waals surface area contributed by atoms with Gasteiger partial charge >= 0.3 is 6.03 Å². The van der Waals surface area contributed by atoms with Crippen LogP contribution in [0.5, 0.6) is 0 Å². The van der Waals surface area contributed by atoms with E-state index in [1.165, 1.54) is 25.7 Å². The van der Waals surface area contributed by atoms with Gasteiger partial charge in [0.15, 0.2) is 0 Å². The van der Waals surface area contributed by atoms with Gasteiger partial charge in [0.1, 0.15) is 0 Å². The summed E-state index contributed by atoms with van der Waals surface area (Å²) in [7, 11) is 0. The van der Waals surface area contributed by atoms with E-state index in [0.29, 0.717) is 13.1 Å². The third-order valence-corrected chi connectivity index (χ3v) is 4.43. The van der Waals surface area contributed by atoms with Crippen LogP contribution in [0.15, 0.2) is 0 Å². The van der Waals surface area contributed by atoms with Gasteiger partial charge in [-0.2, -0.15) is 0 Å². The average molecular weight is 267 g/mol. The van der Waals surface area contributed by atoms with Crippen molar-refractivity contribution in [1.82, 2.24) is 10.2 Å². The molecule has 3 amide bonds. The molecule has 0 unspecified atom stereocenters. The zero-order chi connectivity index (χ0) is 13.7. The van der Waals surface area contributed by atoms with Crippen LogP contribution >= 0.6 is 0 Å². The van der Waals surface area contributed by atoms with Crippen molar-refractivity contribution in [2.45, 2.75) is 44.9 Å². The van der Waals surface area contributed by atoms with Crippen molar-refractivity contribution < 1.29 is 9.59 Å². The van der Waals surface area contributed by atoms with Crippen LogP contribution in [-0.4, -0.2) is 36.5 Å². The first kappa shape index (κ1) is 14.2. The lowest BCUT2D eigenvalue weighted by Gasteiger charge is -2.30. The molecular formula is C14H25N3O2. The van der Waals surface area contributed by atoms with Crippen LogP contribution in [0.2, 0.25) is 0 Å². The quantitative estimate of drug-likeness (QED) is 0.809. The molecule has 108 valence electrons. The Morgan fingerprint density at radius 1 is 1.16 bits per heavy atom. The molecule has 1 atom stereocenters. The highest BCUT2D eigenvalue weighted by atomic mass is 16.2.